The summed E-state index contributed by atoms with van der Waals surface area (Å²) in [5.74, 6) is 2.07. The summed E-state index contributed by atoms with van der Waals surface area (Å²) in [5, 5.41) is 5.53. The molecular weight excluding hydrogens is 960 g/mol. The Morgan fingerprint density at radius 3 is 1.97 bits per heavy atom. The molecule has 0 aliphatic carbocycles. The molecule has 0 saturated heterocycles. The van der Waals surface area contributed by atoms with E-state index in [4.69, 9.17) is 9.72 Å². The maximum absolute atomic E-state index is 6.66. The van der Waals surface area contributed by atoms with Gasteiger partial charge < -0.3 is 19.1 Å². The average molecular weight is 1000 g/mol. The van der Waals surface area contributed by atoms with Crippen LogP contribution in [0.2, 0.25) is 0 Å². The number of benzene rings is 7. The summed E-state index contributed by atoms with van der Waals surface area (Å²) in [6, 6.07) is 65.1. The van der Waals surface area contributed by atoms with Crippen molar-refractivity contribution in [1.29, 1.82) is 0 Å². The van der Waals surface area contributed by atoms with Gasteiger partial charge >= 0.3 is 0 Å². The summed E-state index contributed by atoms with van der Waals surface area (Å²) >= 11 is 1.66. The van der Waals surface area contributed by atoms with Gasteiger partial charge in [-0.1, -0.05) is 117 Å². The van der Waals surface area contributed by atoms with Crippen LogP contribution < -0.4 is 14.5 Å². The molecule has 0 bridgehead atoms. The molecule has 0 amide bonds. The molecule has 10 aromatic rings. The quantitative estimate of drug-likeness (QED) is 0.149. The summed E-state index contributed by atoms with van der Waals surface area (Å²) in [6.07, 6.45) is 0. The normalized spacial score (nSPS) is 12.6. The van der Waals surface area contributed by atoms with Crippen molar-refractivity contribution >= 4 is 66.1 Å². The Labute approximate surface area is 380 Å². The van der Waals surface area contributed by atoms with Crippen LogP contribution in [0.5, 0.6) is 11.5 Å². The van der Waals surface area contributed by atoms with Gasteiger partial charge in [-0.3, -0.25) is 0 Å². The van der Waals surface area contributed by atoms with Gasteiger partial charge in [0.2, 0.25) is 0 Å². The average Bonchev–Trinajstić information content (AvgIpc) is 4.01. The molecule has 3 aromatic heterocycles. The van der Waals surface area contributed by atoms with Gasteiger partial charge in [0, 0.05) is 71.7 Å². The van der Waals surface area contributed by atoms with Gasteiger partial charge in [0.1, 0.15) is 10.6 Å². The minimum atomic E-state index is -0.0630. The van der Waals surface area contributed by atoms with Crippen LogP contribution in [0, 0.1) is 25.7 Å². The maximum atomic E-state index is 6.66. The van der Waals surface area contributed by atoms with Crippen molar-refractivity contribution in [3.05, 3.63) is 199 Å². The molecule has 7 aromatic carbocycles. The van der Waals surface area contributed by atoms with Gasteiger partial charge in [0.25, 0.3) is 0 Å². The Bertz CT molecular complexity index is 3220. The molecule has 1 aliphatic heterocycles. The number of nitrogens with zero attached hydrogens (tertiary/aromatic N) is 4. The number of hydrogen-bond donors (Lipinski definition) is 0. The minimum Gasteiger partial charge on any atom is -0.509 e. The maximum Gasteiger partial charge on any atom is 0.137 e. The van der Waals surface area contributed by atoms with E-state index in [-0.39, 0.29) is 26.5 Å². The summed E-state index contributed by atoms with van der Waals surface area (Å²) in [4.78, 5) is 10.7. The van der Waals surface area contributed by atoms with E-state index in [1.54, 1.807) is 11.3 Å². The summed E-state index contributed by atoms with van der Waals surface area (Å²) in [5.41, 5.74) is 13.2. The fourth-order valence-corrected chi connectivity index (χ4v) is 9.46. The van der Waals surface area contributed by atoms with E-state index in [9.17, 15) is 0 Å². The van der Waals surface area contributed by atoms with Crippen LogP contribution in [0.4, 0.5) is 22.7 Å². The van der Waals surface area contributed by atoms with Gasteiger partial charge in [0.15, 0.2) is 0 Å². The van der Waals surface area contributed by atoms with Gasteiger partial charge in [0.05, 0.1) is 0 Å². The molecule has 0 radical (unpaired) electrons. The van der Waals surface area contributed by atoms with Crippen molar-refractivity contribution < 1.29 is 25.8 Å². The fraction of sp³-hybridized carbons (Fsp3) is 0.0909. The Balaban J connectivity index is 0.00000458. The summed E-state index contributed by atoms with van der Waals surface area (Å²) < 4.78 is 8.86. The van der Waals surface area contributed by atoms with Crippen LogP contribution >= 0.6 is 11.3 Å². The standard InChI is InChI=1S/C55H41N4OS.Pt/c1-36-30-52(56-54-43(36)28-29-61-54)59-48-23-12-11-22-44(48)45-27-26-42(34-51(45)59)60-41-21-15-20-40(33-41)57-35-58(50-25-14-13-24-49(50)57)53-46(37-16-7-5-8-17-37)31-39(55(2,3)4)32-47(53)38-18-9-6-10-19-38;/h5-32,35H,1-4H3;/q-3;. The van der Waals surface area contributed by atoms with Crippen molar-refractivity contribution in [3.8, 4) is 39.6 Å². The molecule has 0 fully saturated rings. The van der Waals surface area contributed by atoms with E-state index in [2.05, 4.69) is 212 Å². The number of pyridine rings is 1. The first-order valence-electron chi connectivity index (χ1n) is 20.6. The van der Waals surface area contributed by atoms with Crippen LogP contribution in [0.25, 0.3) is 60.1 Å². The number of hydrogen-bond acceptors (Lipinski definition) is 5. The van der Waals surface area contributed by atoms with E-state index in [0.29, 0.717) is 11.5 Å². The first-order valence-corrected chi connectivity index (χ1v) is 21.5. The second kappa shape index (κ2) is 15.8. The number of rotatable bonds is 7. The number of anilines is 4. The Hall–Kier alpha value is -6.46. The number of fused-ring (bicyclic) bond motifs is 5. The van der Waals surface area contributed by atoms with E-state index in [1.807, 2.05) is 18.2 Å². The van der Waals surface area contributed by atoms with E-state index in [1.165, 1.54) is 27.6 Å². The number of ether oxygens (including phenoxy) is 1. The number of aromatic nitrogens is 2. The molecular formula is C55H41N4OPtS-3. The third kappa shape index (κ3) is 6.88. The molecule has 0 spiro atoms. The van der Waals surface area contributed by atoms with Crippen LogP contribution in [-0.2, 0) is 26.5 Å². The van der Waals surface area contributed by atoms with Gasteiger partial charge in [-0.15, -0.1) is 59.4 Å². The topological polar surface area (TPSA) is 33.5 Å². The van der Waals surface area contributed by atoms with Crippen molar-refractivity contribution in [2.75, 3.05) is 9.80 Å². The monoisotopic (exact) mass is 1000 g/mol. The predicted octanol–water partition coefficient (Wildman–Crippen LogP) is 15.1. The zero-order valence-electron chi connectivity index (χ0n) is 34.7. The molecule has 0 saturated carbocycles. The van der Waals surface area contributed by atoms with Crippen LogP contribution in [0.1, 0.15) is 31.9 Å². The van der Waals surface area contributed by atoms with Gasteiger partial charge in [-0.2, -0.15) is 12.1 Å². The van der Waals surface area contributed by atoms with Crippen LogP contribution in [0.3, 0.4) is 0 Å². The Morgan fingerprint density at radius 1 is 0.613 bits per heavy atom. The molecule has 0 atom stereocenters. The molecule has 7 heteroatoms. The third-order valence-corrected chi connectivity index (χ3v) is 12.5. The second-order valence-electron chi connectivity index (χ2n) is 16.6. The molecule has 62 heavy (non-hydrogen) atoms. The van der Waals surface area contributed by atoms with Crippen molar-refractivity contribution in [2.45, 2.75) is 33.1 Å². The van der Waals surface area contributed by atoms with E-state index < -0.39 is 0 Å². The summed E-state index contributed by atoms with van der Waals surface area (Å²) in [7, 11) is 0. The molecule has 5 nitrogen and oxygen atoms in total. The van der Waals surface area contributed by atoms with Crippen molar-refractivity contribution in [2.24, 2.45) is 0 Å². The Kier molecular flexibility index (Phi) is 10.1. The molecule has 306 valence electrons. The fourth-order valence-electron chi connectivity index (χ4n) is 8.62. The smallest absolute Gasteiger partial charge is 0.137 e. The minimum absolute atomic E-state index is 0. The molecule has 11 rings (SSSR count). The molecule has 4 heterocycles. The zero-order chi connectivity index (χ0) is 41.2. The second-order valence-corrected chi connectivity index (χ2v) is 17.5. The van der Waals surface area contributed by atoms with Crippen LogP contribution in [-0.4, -0.2) is 9.55 Å². The largest absolute Gasteiger partial charge is 0.509 e. The summed E-state index contributed by atoms with van der Waals surface area (Å²) in [6.45, 7) is 11.2. The van der Waals surface area contributed by atoms with Gasteiger partial charge in [-0.05, 0) is 87.8 Å². The molecule has 0 N–H and O–H groups in total. The van der Waals surface area contributed by atoms with Crippen LogP contribution in [0.15, 0.2) is 169 Å². The van der Waals surface area contributed by atoms with E-state index in [0.717, 1.165) is 66.3 Å². The first-order chi connectivity index (χ1) is 29.8. The zero-order valence-corrected chi connectivity index (χ0v) is 37.8. The molecule has 1 aliphatic rings. The SMILES string of the molecule is Cc1cc(-n2c3[c-]c(Oc4[c-]c(N5[CH-]N(c6c(-c7ccccc7)cc(C(C)(C)C)cc6-c6ccccc6)c6ccccc65)ccc4)ccc3c3ccccc32)nc2sccc12.[Pt]. The number of para-hydroxylation sites is 3. The van der Waals surface area contributed by atoms with Crippen molar-refractivity contribution in [3.63, 3.8) is 0 Å². The Morgan fingerprint density at radius 2 is 1.26 bits per heavy atom. The number of thiophene rings is 1. The van der Waals surface area contributed by atoms with E-state index >= 15 is 0 Å². The molecule has 0 unspecified atom stereocenters. The first kappa shape index (κ1) is 39.7. The number of aryl methyl sites for hydroxylation is 1. The predicted molar refractivity (Wildman–Crippen MR) is 254 cm³/mol. The third-order valence-electron chi connectivity index (χ3n) is 11.7. The van der Waals surface area contributed by atoms with Crippen molar-refractivity contribution in [1.82, 2.24) is 9.55 Å². The van der Waals surface area contributed by atoms with Gasteiger partial charge in [-0.25, -0.2) is 4.98 Å².